The Labute approximate surface area is 196 Å². The van der Waals surface area contributed by atoms with E-state index in [1.807, 2.05) is 37.4 Å². The van der Waals surface area contributed by atoms with Crippen molar-refractivity contribution in [1.82, 2.24) is 4.98 Å². The molecule has 1 aliphatic carbocycles. The summed E-state index contributed by atoms with van der Waals surface area (Å²) in [5.41, 5.74) is 2.62. The van der Waals surface area contributed by atoms with Gasteiger partial charge in [-0.25, -0.2) is 14.2 Å². The first-order chi connectivity index (χ1) is 15.9. The number of ether oxygens (including phenoxy) is 1. The van der Waals surface area contributed by atoms with Crippen molar-refractivity contribution in [1.29, 1.82) is 0 Å². The molecule has 1 aliphatic rings. The molecule has 2 amide bonds. The first kappa shape index (κ1) is 22.9. The van der Waals surface area contributed by atoms with E-state index < -0.39 is 11.8 Å². The summed E-state index contributed by atoms with van der Waals surface area (Å²) < 4.78 is 18.7. The molecule has 1 fully saturated rings. The van der Waals surface area contributed by atoms with Gasteiger partial charge in [0.15, 0.2) is 0 Å². The number of benzene rings is 2. The van der Waals surface area contributed by atoms with Gasteiger partial charge < -0.3 is 15.4 Å². The Kier molecular flexibility index (Phi) is 7.03. The highest BCUT2D eigenvalue weighted by molar-refractivity contribution is 7.15. The predicted molar refractivity (Wildman–Crippen MR) is 128 cm³/mol. The summed E-state index contributed by atoms with van der Waals surface area (Å²) in [5.74, 6) is -0.216. The van der Waals surface area contributed by atoms with E-state index in [2.05, 4.69) is 15.6 Å². The van der Waals surface area contributed by atoms with E-state index in [4.69, 9.17) is 4.74 Å². The number of methoxy groups -OCH3 is 1. The number of hydrogen-bond donors (Lipinski definition) is 2. The van der Waals surface area contributed by atoms with Gasteiger partial charge in [0.05, 0.1) is 28.6 Å². The maximum absolute atomic E-state index is 13.8. The number of thiazole rings is 1. The number of aryl methyl sites for hydroxylation is 1. The highest BCUT2D eigenvalue weighted by Crippen LogP contribution is 2.39. The van der Waals surface area contributed by atoms with Crippen molar-refractivity contribution in [2.45, 2.75) is 38.5 Å². The molecule has 0 radical (unpaired) electrons. The van der Waals surface area contributed by atoms with Crippen LogP contribution in [0.5, 0.6) is 0 Å². The number of carbonyl (C=O) groups is 2. The average Bonchev–Trinajstić information content (AvgIpc) is 3.32. The maximum atomic E-state index is 13.8. The monoisotopic (exact) mass is 467 g/mol. The quantitative estimate of drug-likeness (QED) is 0.429. The summed E-state index contributed by atoms with van der Waals surface area (Å²) >= 11 is 1.66. The van der Waals surface area contributed by atoms with E-state index in [0.717, 1.165) is 46.7 Å². The van der Waals surface area contributed by atoms with Gasteiger partial charge in [0.1, 0.15) is 5.82 Å². The summed E-state index contributed by atoms with van der Waals surface area (Å²) in [5, 5.41) is 6.35. The zero-order chi connectivity index (χ0) is 23.4. The number of hydrogen-bond acceptors (Lipinski definition) is 5. The fourth-order valence-corrected chi connectivity index (χ4v) is 5.18. The smallest absolute Gasteiger partial charge is 0.323 e. The largest absolute Gasteiger partial charge is 0.469 e. The molecule has 1 aromatic heterocycles. The first-order valence-electron chi connectivity index (χ1n) is 10.9. The van der Waals surface area contributed by atoms with E-state index >= 15 is 0 Å². The lowest BCUT2D eigenvalue weighted by atomic mass is 9.82. The van der Waals surface area contributed by atoms with Crippen LogP contribution in [0.2, 0.25) is 0 Å². The summed E-state index contributed by atoms with van der Waals surface area (Å²) in [7, 11) is 1.44. The molecule has 1 saturated carbocycles. The van der Waals surface area contributed by atoms with Gasteiger partial charge in [-0.15, -0.1) is 11.3 Å². The lowest BCUT2D eigenvalue weighted by Gasteiger charge is -2.25. The Hall–Kier alpha value is -3.26. The number of nitrogens with one attached hydrogen (secondary N) is 2. The van der Waals surface area contributed by atoms with Gasteiger partial charge in [0.2, 0.25) is 0 Å². The van der Waals surface area contributed by atoms with Gasteiger partial charge in [-0.3, -0.25) is 4.79 Å². The number of anilines is 2. The van der Waals surface area contributed by atoms with Crippen LogP contribution < -0.4 is 10.6 Å². The van der Waals surface area contributed by atoms with E-state index in [1.54, 1.807) is 23.5 Å². The molecule has 172 valence electrons. The molecule has 1 heterocycles. The highest BCUT2D eigenvalue weighted by atomic mass is 32.1. The van der Waals surface area contributed by atoms with Crippen LogP contribution in [0.15, 0.2) is 48.7 Å². The minimum absolute atomic E-state index is 0.00494. The van der Waals surface area contributed by atoms with Crippen LogP contribution in [0, 0.1) is 18.7 Å². The van der Waals surface area contributed by atoms with Gasteiger partial charge in [-0.2, -0.15) is 0 Å². The molecular weight excluding hydrogens is 441 g/mol. The van der Waals surface area contributed by atoms with Gasteiger partial charge in [0.25, 0.3) is 0 Å². The van der Waals surface area contributed by atoms with Crippen molar-refractivity contribution in [2.24, 2.45) is 5.92 Å². The second-order valence-electron chi connectivity index (χ2n) is 8.27. The zero-order valence-corrected chi connectivity index (χ0v) is 19.4. The summed E-state index contributed by atoms with van der Waals surface area (Å²) in [4.78, 5) is 29.6. The van der Waals surface area contributed by atoms with Crippen molar-refractivity contribution in [3.8, 4) is 10.4 Å². The fourth-order valence-electron chi connectivity index (χ4n) is 4.09. The third kappa shape index (κ3) is 5.57. The van der Waals surface area contributed by atoms with Gasteiger partial charge in [0, 0.05) is 17.8 Å². The summed E-state index contributed by atoms with van der Waals surface area (Å²) in [6.45, 7) is 1.83. The molecule has 0 bridgehead atoms. The van der Waals surface area contributed by atoms with Crippen LogP contribution in [0.25, 0.3) is 10.4 Å². The van der Waals surface area contributed by atoms with Gasteiger partial charge in [-0.05, 0) is 68.0 Å². The lowest BCUT2D eigenvalue weighted by Crippen LogP contribution is -2.22. The van der Waals surface area contributed by atoms with Gasteiger partial charge >= 0.3 is 12.0 Å². The minimum Gasteiger partial charge on any atom is -0.469 e. The van der Waals surface area contributed by atoms with E-state index in [-0.39, 0.29) is 17.6 Å². The average molecular weight is 468 g/mol. The Bertz CT molecular complexity index is 1140. The molecule has 2 N–H and O–H groups in total. The number of amides is 2. The Morgan fingerprint density at radius 3 is 2.48 bits per heavy atom. The molecule has 8 heteroatoms. The van der Waals surface area contributed by atoms with E-state index in [1.165, 1.54) is 13.2 Å². The van der Waals surface area contributed by atoms with Crippen LogP contribution in [-0.2, 0) is 9.53 Å². The molecule has 0 aliphatic heterocycles. The van der Waals surface area contributed by atoms with Crippen LogP contribution in [-0.4, -0.2) is 24.1 Å². The van der Waals surface area contributed by atoms with Crippen molar-refractivity contribution in [2.75, 3.05) is 17.7 Å². The molecule has 0 unspecified atom stereocenters. The van der Waals surface area contributed by atoms with Crippen LogP contribution in [0.4, 0.5) is 20.6 Å². The van der Waals surface area contributed by atoms with Crippen molar-refractivity contribution in [3.63, 3.8) is 0 Å². The Balaban J connectivity index is 1.35. The van der Waals surface area contributed by atoms with Crippen LogP contribution in [0.3, 0.4) is 0 Å². The summed E-state index contributed by atoms with van der Waals surface area (Å²) in [6, 6.07) is 11.5. The fraction of sp³-hybridized carbons (Fsp3) is 0.320. The van der Waals surface area contributed by atoms with Crippen molar-refractivity contribution in [3.05, 3.63) is 65.0 Å². The normalized spacial score (nSPS) is 17.9. The highest BCUT2D eigenvalue weighted by Gasteiger charge is 2.29. The number of aromatic nitrogens is 1. The number of halogens is 1. The Morgan fingerprint density at radius 2 is 1.79 bits per heavy atom. The van der Waals surface area contributed by atoms with Crippen molar-refractivity contribution >= 4 is 34.7 Å². The SMILES string of the molecule is COC(=O)C1CCC(c2ncc(-c3ccc(NC(=O)Nc4cc(C)ccc4F)cc3)s2)CC1. The van der Waals surface area contributed by atoms with Crippen molar-refractivity contribution < 1.29 is 18.7 Å². The molecule has 0 saturated heterocycles. The number of rotatable bonds is 5. The Morgan fingerprint density at radius 1 is 1.06 bits per heavy atom. The maximum Gasteiger partial charge on any atom is 0.323 e. The molecule has 4 rings (SSSR count). The lowest BCUT2D eigenvalue weighted by molar-refractivity contribution is -0.146. The van der Waals surface area contributed by atoms with Crippen LogP contribution >= 0.6 is 11.3 Å². The second kappa shape index (κ2) is 10.1. The third-order valence-corrected chi connectivity index (χ3v) is 7.14. The summed E-state index contributed by atoms with van der Waals surface area (Å²) in [6.07, 6.45) is 5.42. The molecule has 0 spiro atoms. The second-order valence-corrected chi connectivity index (χ2v) is 9.34. The topological polar surface area (TPSA) is 80.3 Å². The first-order valence-corrected chi connectivity index (χ1v) is 11.7. The number of nitrogens with zero attached hydrogens (tertiary/aromatic N) is 1. The van der Waals surface area contributed by atoms with Gasteiger partial charge in [-0.1, -0.05) is 18.2 Å². The molecular formula is C25H26FN3O3S. The number of esters is 1. The molecule has 6 nitrogen and oxygen atoms in total. The third-order valence-electron chi connectivity index (χ3n) is 5.93. The molecule has 2 aromatic carbocycles. The number of urea groups is 1. The van der Waals surface area contributed by atoms with Crippen LogP contribution in [0.1, 0.15) is 42.2 Å². The molecule has 33 heavy (non-hydrogen) atoms. The zero-order valence-electron chi connectivity index (χ0n) is 18.6. The van der Waals surface area contributed by atoms with E-state index in [9.17, 15) is 14.0 Å². The molecule has 3 aromatic rings. The predicted octanol–water partition coefficient (Wildman–Crippen LogP) is 6.35. The number of carbonyl (C=O) groups excluding carboxylic acids is 2. The standard InChI is InChI=1S/C25H26FN3O3S/c1-15-3-12-20(26)21(13-15)29-25(31)28-19-10-8-16(9-11-19)22-14-27-23(33-22)17-4-6-18(7-5-17)24(30)32-2/h3,8-14,17-18H,4-7H2,1-2H3,(H2,28,29,31). The molecule has 0 atom stereocenters. The van der Waals surface area contributed by atoms with E-state index in [0.29, 0.717) is 11.6 Å². The minimum atomic E-state index is -0.505.